The van der Waals surface area contributed by atoms with Gasteiger partial charge in [-0.1, -0.05) is 18.6 Å². The molecule has 1 fully saturated rings. The highest BCUT2D eigenvalue weighted by Crippen LogP contribution is 2.16. The van der Waals surface area contributed by atoms with E-state index in [9.17, 15) is 9.59 Å². The lowest BCUT2D eigenvalue weighted by molar-refractivity contribution is 0.0781. The van der Waals surface area contributed by atoms with Crippen molar-refractivity contribution in [2.45, 2.75) is 51.8 Å². The Morgan fingerprint density at radius 3 is 2.67 bits per heavy atom. The number of hydrogen-bond donors (Lipinski definition) is 1. The summed E-state index contributed by atoms with van der Waals surface area (Å²) in [5.74, 6) is 0. The first-order chi connectivity index (χ1) is 11.1. The molecule has 0 spiro atoms. The van der Waals surface area contributed by atoms with Crippen molar-refractivity contribution in [1.29, 1.82) is 0 Å². The second-order valence-corrected chi connectivity index (χ2v) is 6.00. The number of hydrogen-bond acceptors (Lipinski definition) is 4. The predicted molar refractivity (Wildman–Crippen MR) is 96.1 cm³/mol. The van der Waals surface area contributed by atoms with Crippen molar-refractivity contribution in [2.24, 2.45) is 0 Å². The maximum atomic E-state index is 12.6. The minimum atomic E-state index is -0.599. The van der Waals surface area contributed by atoms with Gasteiger partial charge in [-0.05, 0) is 45.4 Å². The van der Waals surface area contributed by atoms with Gasteiger partial charge in [0.1, 0.15) is 6.10 Å². The molecule has 1 saturated heterocycles. The lowest BCUT2D eigenvalue weighted by atomic mass is 10.0. The van der Waals surface area contributed by atoms with Crippen molar-refractivity contribution in [3.05, 3.63) is 34.7 Å². The molecule has 1 aliphatic rings. The van der Waals surface area contributed by atoms with Crippen LogP contribution in [0.4, 0.5) is 4.79 Å². The molecule has 0 aliphatic carbocycles. The summed E-state index contributed by atoms with van der Waals surface area (Å²) in [4.78, 5) is 25.1. The number of benzene rings is 1. The fourth-order valence-electron chi connectivity index (χ4n) is 3.26. The number of piperidine rings is 1. The van der Waals surface area contributed by atoms with Crippen LogP contribution in [0.1, 0.15) is 33.1 Å². The average molecular weight is 354 g/mol. The van der Waals surface area contributed by atoms with E-state index in [4.69, 9.17) is 4.74 Å². The van der Waals surface area contributed by atoms with E-state index >= 15 is 0 Å². The normalized spacial score (nSPS) is 18.8. The van der Waals surface area contributed by atoms with E-state index in [1.54, 1.807) is 10.6 Å². The summed E-state index contributed by atoms with van der Waals surface area (Å²) in [5, 5.41) is 3.37. The van der Waals surface area contributed by atoms with Gasteiger partial charge in [0.25, 0.3) is 0 Å². The number of nitrogens with zero attached hydrogens (tertiary/aromatic N) is 2. The number of ether oxygens (including phenoxy) is 1. The number of fused-ring (bicyclic) bond motifs is 1. The van der Waals surface area contributed by atoms with Crippen LogP contribution >= 0.6 is 12.4 Å². The Morgan fingerprint density at radius 2 is 2.04 bits per heavy atom. The van der Waals surface area contributed by atoms with Gasteiger partial charge in [0.15, 0.2) is 0 Å². The zero-order valence-electron chi connectivity index (χ0n) is 14.0. The minimum Gasteiger partial charge on any atom is -0.444 e. The summed E-state index contributed by atoms with van der Waals surface area (Å²) in [6.45, 7) is 5.23. The fraction of sp³-hybridized carbons (Fsp3) is 0.529. The molecule has 2 heterocycles. The number of carbonyl (C=O) groups is 1. The molecule has 24 heavy (non-hydrogen) atoms. The van der Waals surface area contributed by atoms with Gasteiger partial charge in [-0.15, -0.1) is 12.4 Å². The van der Waals surface area contributed by atoms with Gasteiger partial charge in [0.2, 0.25) is 0 Å². The molecule has 0 saturated carbocycles. The van der Waals surface area contributed by atoms with Gasteiger partial charge in [-0.2, -0.15) is 4.57 Å². The molecule has 1 aromatic carbocycles. The Bertz CT molecular complexity index is 762. The Labute approximate surface area is 147 Å². The molecule has 0 amide bonds. The van der Waals surface area contributed by atoms with Crippen molar-refractivity contribution in [3.63, 3.8) is 0 Å². The highest BCUT2D eigenvalue weighted by atomic mass is 35.5. The summed E-state index contributed by atoms with van der Waals surface area (Å²) in [5.41, 5.74) is 0.996. The van der Waals surface area contributed by atoms with Crippen molar-refractivity contribution in [2.75, 3.05) is 6.54 Å². The van der Waals surface area contributed by atoms with Crippen LogP contribution in [-0.4, -0.2) is 33.9 Å². The van der Waals surface area contributed by atoms with Gasteiger partial charge in [0, 0.05) is 12.6 Å². The number of para-hydroxylation sites is 2. The number of halogens is 1. The van der Waals surface area contributed by atoms with E-state index in [1.807, 2.05) is 32.0 Å². The third-order valence-corrected chi connectivity index (χ3v) is 4.54. The van der Waals surface area contributed by atoms with Crippen LogP contribution in [0.5, 0.6) is 0 Å². The number of nitrogens with one attached hydrogen (secondary N) is 1. The van der Waals surface area contributed by atoms with E-state index in [0.29, 0.717) is 12.1 Å². The topological polar surface area (TPSA) is 65.3 Å². The van der Waals surface area contributed by atoms with E-state index in [0.717, 1.165) is 35.9 Å². The smallest absolute Gasteiger partial charge is 0.423 e. The summed E-state index contributed by atoms with van der Waals surface area (Å²) < 4.78 is 8.29. The Morgan fingerprint density at radius 1 is 1.33 bits per heavy atom. The molecule has 2 atom stereocenters. The quantitative estimate of drug-likeness (QED) is 0.921. The zero-order chi connectivity index (χ0) is 16.4. The first-order valence-electron chi connectivity index (χ1n) is 8.28. The van der Waals surface area contributed by atoms with Crippen molar-refractivity contribution >= 4 is 29.5 Å². The van der Waals surface area contributed by atoms with Gasteiger partial charge >= 0.3 is 11.8 Å². The fourth-order valence-corrected chi connectivity index (χ4v) is 3.26. The maximum Gasteiger partial charge on any atom is 0.423 e. The molecule has 2 unspecified atom stereocenters. The van der Waals surface area contributed by atoms with Gasteiger partial charge < -0.3 is 10.1 Å². The first-order valence-corrected chi connectivity index (χ1v) is 8.28. The SMILES string of the molecule is CCn1c(=O)n(C(=O)OC(C)C2CCCCN2)c2ccccc21.Cl. The molecule has 1 aromatic heterocycles. The van der Waals surface area contributed by atoms with E-state index in [-0.39, 0.29) is 30.2 Å². The second kappa shape index (κ2) is 7.85. The van der Waals surface area contributed by atoms with Gasteiger partial charge in [-0.25, -0.2) is 9.59 Å². The Balaban J connectivity index is 0.00000208. The second-order valence-electron chi connectivity index (χ2n) is 6.00. The molecule has 7 heteroatoms. The zero-order valence-corrected chi connectivity index (χ0v) is 14.8. The molecule has 1 N–H and O–H groups in total. The molecule has 6 nitrogen and oxygen atoms in total. The van der Waals surface area contributed by atoms with Gasteiger partial charge in [0.05, 0.1) is 11.0 Å². The third kappa shape index (κ3) is 3.35. The summed E-state index contributed by atoms with van der Waals surface area (Å²) >= 11 is 0. The van der Waals surface area contributed by atoms with Crippen LogP contribution in [0, 0.1) is 0 Å². The molecule has 0 bridgehead atoms. The first kappa shape index (κ1) is 18.5. The minimum absolute atomic E-state index is 0. The summed E-state index contributed by atoms with van der Waals surface area (Å²) in [6.07, 6.45) is 2.41. The molecule has 3 rings (SSSR count). The standard InChI is InChI=1S/C17H23N3O3.ClH/c1-3-19-14-9-4-5-10-15(14)20(16(19)21)17(22)23-12(2)13-8-6-7-11-18-13;/h4-5,9-10,12-13,18H,3,6-8,11H2,1-2H3;1H. The van der Waals surface area contributed by atoms with E-state index < -0.39 is 6.09 Å². The molecule has 2 aromatic rings. The Hall–Kier alpha value is -1.79. The lowest BCUT2D eigenvalue weighted by Crippen LogP contribution is -2.44. The molecular formula is C17H24ClN3O3. The highest BCUT2D eigenvalue weighted by Gasteiger charge is 2.25. The molecule has 1 aliphatic heterocycles. The highest BCUT2D eigenvalue weighted by molar-refractivity contribution is 5.87. The molecule has 0 radical (unpaired) electrons. The van der Waals surface area contributed by atoms with Crippen LogP contribution in [0.15, 0.2) is 29.1 Å². The Kier molecular flexibility index (Phi) is 6.07. The largest absolute Gasteiger partial charge is 0.444 e. The third-order valence-electron chi connectivity index (χ3n) is 4.54. The summed E-state index contributed by atoms with van der Waals surface area (Å²) in [6, 6.07) is 7.45. The number of aromatic nitrogens is 2. The van der Waals surface area contributed by atoms with Crippen molar-refractivity contribution in [3.8, 4) is 0 Å². The van der Waals surface area contributed by atoms with Crippen molar-refractivity contribution in [1.82, 2.24) is 14.5 Å². The number of imidazole rings is 1. The summed E-state index contributed by atoms with van der Waals surface area (Å²) in [7, 11) is 0. The number of carbonyl (C=O) groups excluding carboxylic acids is 1. The van der Waals surface area contributed by atoms with Crippen LogP contribution in [0.2, 0.25) is 0 Å². The van der Waals surface area contributed by atoms with E-state index in [2.05, 4.69) is 5.32 Å². The van der Waals surface area contributed by atoms with Crippen molar-refractivity contribution < 1.29 is 9.53 Å². The van der Waals surface area contributed by atoms with Crippen LogP contribution < -0.4 is 11.0 Å². The average Bonchev–Trinajstić information content (AvgIpc) is 2.86. The number of rotatable bonds is 3. The number of aryl methyl sites for hydroxylation is 1. The molecule has 132 valence electrons. The van der Waals surface area contributed by atoms with E-state index in [1.165, 1.54) is 0 Å². The lowest BCUT2D eigenvalue weighted by Gasteiger charge is -2.28. The maximum absolute atomic E-state index is 12.6. The van der Waals surface area contributed by atoms with Crippen LogP contribution in [-0.2, 0) is 11.3 Å². The van der Waals surface area contributed by atoms with Crippen LogP contribution in [0.3, 0.4) is 0 Å². The van der Waals surface area contributed by atoms with Gasteiger partial charge in [-0.3, -0.25) is 4.57 Å². The van der Waals surface area contributed by atoms with Crippen LogP contribution in [0.25, 0.3) is 11.0 Å². The molecular weight excluding hydrogens is 330 g/mol. The monoisotopic (exact) mass is 353 g/mol. The predicted octanol–water partition coefficient (Wildman–Crippen LogP) is 2.76.